The highest BCUT2D eigenvalue weighted by molar-refractivity contribution is 5.25. The van der Waals surface area contributed by atoms with Crippen LogP contribution >= 0.6 is 0 Å². The van der Waals surface area contributed by atoms with Crippen LogP contribution in [0.15, 0.2) is 48.5 Å². The summed E-state index contributed by atoms with van der Waals surface area (Å²) in [6.45, 7) is 2.20. The quantitative estimate of drug-likeness (QED) is 0.762. The molecule has 2 aromatic rings. The number of aliphatic hydroxyl groups excluding tert-OH is 2. The van der Waals surface area contributed by atoms with Crippen molar-refractivity contribution in [1.29, 1.82) is 0 Å². The number of aryl methyl sites for hydroxylation is 1. The summed E-state index contributed by atoms with van der Waals surface area (Å²) in [7, 11) is 0. The summed E-state index contributed by atoms with van der Waals surface area (Å²) in [6, 6.07) is 14.3. The zero-order chi connectivity index (χ0) is 13.4. The van der Waals surface area contributed by atoms with E-state index in [9.17, 15) is 0 Å². The Kier molecular flexibility index (Phi) is 5.91. The van der Waals surface area contributed by atoms with Crippen LogP contribution in [0, 0.1) is 6.92 Å². The van der Waals surface area contributed by atoms with Gasteiger partial charge in [0.1, 0.15) is 5.75 Å². The van der Waals surface area contributed by atoms with Crippen molar-refractivity contribution in [3.8, 4) is 5.75 Å². The molecule has 0 saturated heterocycles. The van der Waals surface area contributed by atoms with Crippen molar-refractivity contribution >= 4 is 0 Å². The Labute approximate surface area is 107 Å². The van der Waals surface area contributed by atoms with Crippen LogP contribution in [0.4, 0.5) is 0 Å². The van der Waals surface area contributed by atoms with E-state index in [0.717, 1.165) is 11.1 Å². The molecule has 2 rings (SSSR count). The molecule has 3 heteroatoms. The van der Waals surface area contributed by atoms with Crippen molar-refractivity contribution in [2.75, 3.05) is 0 Å². The largest absolute Gasteiger partial charge is 0.508 e. The lowest BCUT2D eigenvalue weighted by Crippen LogP contribution is -1.80. The molecule has 0 aliphatic rings. The molecule has 0 aliphatic heterocycles. The minimum Gasteiger partial charge on any atom is -0.508 e. The molecular weight excluding hydrogens is 228 g/mol. The molecule has 0 amide bonds. The van der Waals surface area contributed by atoms with Crippen molar-refractivity contribution in [3.05, 3.63) is 65.2 Å². The van der Waals surface area contributed by atoms with Crippen molar-refractivity contribution in [1.82, 2.24) is 0 Å². The van der Waals surface area contributed by atoms with E-state index in [1.54, 1.807) is 24.3 Å². The van der Waals surface area contributed by atoms with Crippen LogP contribution in [0.3, 0.4) is 0 Å². The zero-order valence-electron chi connectivity index (χ0n) is 10.4. The van der Waals surface area contributed by atoms with E-state index in [-0.39, 0.29) is 19.0 Å². The average Bonchev–Trinajstić information content (AvgIpc) is 2.41. The van der Waals surface area contributed by atoms with Crippen LogP contribution in [0.25, 0.3) is 0 Å². The molecular formula is C15H18O3. The third-order valence-electron chi connectivity index (χ3n) is 2.42. The van der Waals surface area contributed by atoms with E-state index in [1.165, 1.54) is 5.56 Å². The van der Waals surface area contributed by atoms with Crippen molar-refractivity contribution < 1.29 is 15.3 Å². The van der Waals surface area contributed by atoms with Gasteiger partial charge < -0.3 is 15.3 Å². The summed E-state index contributed by atoms with van der Waals surface area (Å²) in [5, 5.41) is 25.9. The van der Waals surface area contributed by atoms with Crippen LogP contribution in [-0.2, 0) is 13.2 Å². The van der Waals surface area contributed by atoms with E-state index in [2.05, 4.69) is 0 Å². The van der Waals surface area contributed by atoms with E-state index in [4.69, 9.17) is 15.3 Å². The molecule has 0 unspecified atom stereocenters. The minimum atomic E-state index is 0.0281. The van der Waals surface area contributed by atoms with E-state index >= 15 is 0 Å². The third-order valence-corrected chi connectivity index (χ3v) is 2.42. The first-order chi connectivity index (χ1) is 8.65. The van der Waals surface area contributed by atoms with Gasteiger partial charge in [0.25, 0.3) is 0 Å². The normalized spacial score (nSPS) is 9.50. The molecule has 0 saturated carbocycles. The number of benzene rings is 2. The number of aliphatic hydroxyl groups is 2. The molecule has 0 fully saturated rings. The van der Waals surface area contributed by atoms with Gasteiger partial charge in [-0.2, -0.15) is 0 Å². The highest BCUT2D eigenvalue weighted by Gasteiger charge is 1.87. The van der Waals surface area contributed by atoms with Crippen molar-refractivity contribution in [2.24, 2.45) is 0 Å². The number of phenolic OH excluding ortho intramolecular Hbond substituents is 1. The molecule has 3 nitrogen and oxygen atoms in total. The van der Waals surface area contributed by atoms with Crippen molar-refractivity contribution in [3.63, 3.8) is 0 Å². The maximum atomic E-state index is 8.77. The summed E-state index contributed by atoms with van der Waals surface area (Å²) < 4.78 is 0. The van der Waals surface area contributed by atoms with Crippen LogP contribution < -0.4 is 0 Å². The molecule has 0 bridgehead atoms. The number of aromatic hydroxyl groups is 1. The molecule has 0 heterocycles. The summed E-state index contributed by atoms with van der Waals surface area (Å²) in [6.07, 6.45) is 0. The molecule has 0 spiro atoms. The highest BCUT2D eigenvalue weighted by atomic mass is 16.3. The molecule has 2 aromatic carbocycles. The number of hydrogen-bond donors (Lipinski definition) is 3. The molecule has 0 atom stereocenters. The summed E-state index contributed by atoms with van der Waals surface area (Å²) >= 11 is 0. The Morgan fingerprint density at radius 2 is 1.11 bits per heavy atom. The third kappa shape index (κ3) is 4.99. The fourth-order valence-electron chi connectivity index (χ4n) is 1.29. The SMILES string of the molecule is Cc1ccc(CO)cc1.OCc1ccc(O)cc1. The summed E-state index contributed by atoms with van der Waals surface area (Å²) in [4.78, 5) is 0. The van der Waals surface area contributed by atoms with Gasteiger partial charge in [-0.15, -0.1) is 0 Å². The van der Waals surface area contributed by atoms with Gasteiger partial charge in [0.05, 0.1) is 13.2 Å². The van der Waals surface area contributed by atoms with Crippen LogP contribution in [-0.4, -0.2) is 15.3 Å². The topological polar surface area (TPSA) is 60.7 Å². The zero-order valence-corrected chi connectivity index (χ0v) is 10.4. The van der Waals surface area contributed by atoms with Crippen LogP contribution in [0.5, 0.6) is 5.75 Å². The van der Waals surface area contributed by atoms with E-state index in [0.29, 0.717) is 0 Å². The maximum Gasteiger partial charge on any atom is 0.115 e. The lowest BCUT2D eigenvalue weighted by molar-refractivity contribution is 0.281. The predicted octanol–water partition coefficient (Wildman–Crippen LogP) is 2.37. The first kappa shape index (κ1) is 14.2. The second-order valence-corrected chi connectivity index (χ2v) is 3.97. The van der Waals surface area contributed by atoms with Gasteiger partial charge in [-0.3, -0.25) is 0 Å². The number of rotatable bonds is 2. The van der Waals surface area contributed by atoms with Crippen LogP contribution in [0.2, 0.25) is 0 Å². The van der Waals surface area contributed by atoms with E-state index in [1.807, 2.05) is 31.2 Å². The van der Waals surface area contributed by atoms with Gasteiger partial charge in [0.2, 0.25) is 0 Å². The monoisotopic (exact) mass is 246 g/mol. The van der Waals surface area contributed by atoms with Crippen LogP contribution in [0.1, 0.15) is 16.7 Å². The van der Waals surface area contributed by atoms with Gasteiger partial charge in [0.15, 0.2) is 0 Å². The Balaban J connectivity index is 0.000000180. The second-order valence-electron chi connectivity index (χ2n) is 3.97. The first-order valence-corrected chi connectivity index (χ1v) is 5.71. The predicted molar refractivity (Wildman–Crippen MR) is 71.1 cm³/mol. The molecule has 0 aliphatic carbocycles. The molecule has 18 heavy (non-hydrogen) atoms. The first-order valence-electron chi connectivity index (χ1n) is 5.71. The van der Waals surface area contributed by atoms with Gasteiger partial charge in [0, 0.05) is 0 Å². The number of phenols is 1. The second kappa shape index (κ2) is 7.48. The van der Waals surface area contributed by atoms with E-state index < -0.39 is 0 Å². The Bertz CT molecular complexity index is 401. The van der Waals surface area contributed by atoms with Gasteiger partial charge in [-0.1, -0.05) is 42.0 Å². The molecule has 0 radical (unpaired) electrons. The van der Waals surface area contributed by atoms with Gasteiger partial charge >= 0.3 is 0 Å². The highest BCUT2D eigenvalue weighted by Crippen LogP contribution is 2.08. The Morgan fingerprint density at radius 1 is 0.722 bits per heavy atom. The van der Waals surface area contributed by atoms with Gasteiger partial charge in [-0.25, -0.2) is 0 Å². The summed E-state index contributed by atoms with van der Waals surface area (Å²) in [5.74, 6) is 0.229. The van der Waals surface area contributed by atoms with Gasteiger partial charge in [-0.05, 0) is 30.2 Å². The fourth-order valence-corrected chi connectivity index (χ4v) is 1.29. The van der Waals surface area contributed by atoms with Crippen molar-refractivity contribution in [2.45, 2.75) is 20.1 Å². The number of hydrogen-bond acceptors (Lipinski definition) is 3. The molecule has 0 aromatic heterocycles. The Hall–Kier alpha value is -1.84. The molecule has 96 valence electrons. The fraction of sp³-hybridized carbons (Fsp3) is 0.200. The smallest absolute Gasteiger partial charge is 0.115 e. The standard InChI is InChI=1S/C8H10O.C7H8O2/c1-7-2-4-8(6-9)5-3-7;8-5-6-1-3-7(9)4-2-6/h2-5,9H,6H2,1H3;1-4,8-9H,5H2. The lowest BCUT2D eigenvalue weighted by atomic mass is 10.2. The lowest BCUT2D eigenvalue weighted by Gasteiger charge is -1.93. The average molecular weight is 246 g/mol. The summed E-state index contributed by atoms with van der Waals surface area (Å²) in [5.41, 5.74) is 3.01. The maximum absolute atomic E-state index is 8.77. The minimum absolute atomic E-state index is 0.0281. The molecule has 3 N–H and O–H groups in total. The Morgan fingerprint density at radius 3 is 1.50 bits per heavy atom.